The SMILES string of the molecule is O=C(NC12CC(C1)C2)O[C@@H]1CC[C@H](c2cc(Nc3ccc(N4CCOCC4)nc3)n[nH]2)C1. The van der Waals surface area contributed by atoms with Gasteiger partial charge in [-0.25, -0.2) is 9.78 Å². The third-order valence-electron chi connectivity index (χ3n) is 7.46. The highest BCUT2D eigenvalue weighted by molar-refractivity contribution is 5.69. The Kier molecular flexibility index (Phi) is 4.93. The van der Waals surface area contributed by atoms with Crippen LogP contribution in [-0.4, -0.2) is 59.2 Å². The molecule has 32 heavy (non-hydrogen) atoms. The van der Waals surface area contributed by atoms with Crippen molar-refractivity contribution in [2.45, 2.75) is 56.1 Å². The number of hydrogen-bond acceptors (Lipinski definition) is 7. The Hall–Kier alpha value is -2.81. The molecule has 4 saturated carbocycles. The van der Waals surface area contributed by atoms with Crippen LogP contribution in [0.2, 0.25) is 0 Å². The van der Waals surface area contributed by atoms with Gasteiger partial charge < -0.3 is 25.0 Å². The zero-order valence-corrected chi connectivity index (χ0v) is 18.2. The van der Waals surface area contributed by atoms with Crippen molar-refractivity contribution < 1.29 is 14.3 Å². The zero-order valence-electron chi connectivity index (χ0n) is 18.2. The maximum Gasteiger partial charge on any atom is 0.407 e. The number of hydrogen-bond donors (Lipinski definition) is 3. The van der Waals surface area contributed by atoms with Gasteiger partial charge in [0.05, 0.1) is 25.1 Å². The van der Waals surface area contributed by atoms with Crippen molar-refractivity contribution in [1.29, 1.82) is 0 Å². The second kappa shape index (κ2) is 7.95. The summed E-state index contributed by atoms with van der Waals surface area (Å²) in [4.78, 5) is 19.0. The van der Waals surface area contributed by atoms with Gasteiger partial charge in [-0.3, -0.25) is 5.10 Å². The monoisotopic (exact) mass is 438 g/mol. The summed E-state index contributed by atoms with van der Waals surface area (Å²) in [5.74, 6) is 2.91. The number of amides is 1. The molecule has 0 aromatic carbocycles. The summed E-state index contributed by atoms with van der Waals surface area (Å²) in [7, 11) is 0. The number of carbonyl (C=O) groups is 1. The minimum Gasteiger partial charge on any atom is -0.446 e. The summed E-state index contributed by atoms with van der Waals surface area (Å²) >= 11 is 0. The predicted molar refractivity (Wildman–Crippen MR) is 119 cm³/mol. The molecule has 9 heteroatoms. The lowest BCUT2D eigenvalue weighted by Gasteiger charge is -2.61. The minimum absolute atomic E-state index is 0.0241. The number of nitrogens with one attached hydrogen (secondary N) is 3. The predicted octanol–water partition coefficient (Wildman–Crippen LogP) is 3.30. The molecule has 5 aliphatic rings. The molecule has 0 spiro atoms. The van der Waals surface area contributed by atoms with E-state index in [1.54, 1.807) is 0 Å². The fourth-order valence-electron chi connectivity index (χ4n) is 5.56. The molecule has 0 unspecified atom stereocenters. The molecule has 2 bridgehead atoms. The third kappa shape index (κ3) is 3.90. The van der Waals surface area contributed by atoms with Crippen LogP contribution in [0.1, 0.15) is 50.1 Å². The average Bonchev–Trinajstić information content (AvgIpc) is 3.41. The number of H-pyrrole nitrogens is 1. The summed E-state index contributed by atoms with van der Waals surface area (Å²) in [5, 5.41) is 14.0. The number of carbonyl (C=O) groups excluding carboxylic acids is 1. The highest BCUT2D eigenvalue weighted by atomic mass is 16.6. The van der Waals surface area contributed by atoms with E-state index in [1.165, 1.54) is 0 Å². The first kappa shape index (κ1) is 19.8. The number of alkyl carbamates (subject to hydrolysis) is 1. The maximum absolute atomic E-state index is 12.2. The van der Waals surface area contributed by atoms with Gasteiger partial charge in [0.2, 0.25) is 0 Å². The zero-order chi connectivity index (χ0) is 21.5. The molecular formula is C23H30N6O3. The van der Waals surface area contributed by atoms with Crippen molar-refractivity contribution in [3.63, 3.8) is 0 Å². The lowest BCUT2D eigenvalue weighted by atomic mass is 9.50. The molecule has 7 rings (SSSR count). The van der Waals surface area contributed by atoms with Gasteiger partial charge in [0.15, 0.2) is 5.82 Å². The van der Waals surface area contributed by atoms with Crippen LogP contribution in [0.4, 0.5) is 22.1 Å². The number of aromatic amines is 1. The molecule has 9 nitrogen and oxygen atoms in total. The van der Waals surface area contributed by atoms with Gasteiger partial charge in [-0.05, 0) is 56.6 Å². The van der Waals surface area contributed by atoms with Crippen LogP contribution >= 0.6 is 0 Å². The first-order chi connectivity index (χ1) is 15.6. The standard InChI is InChI=1S/C23H30N6O3/c30-22(26-23-11-15(12-23)13-23)32-18-3-1-16(9-18)19-10-20(28-27-19)25-17-2-4-21(24-14-17)29-5-7-31-8-6-29/h2,4,10,14-16,18H,1,3,5-9,11-13H2,(H,26,30)(H2,25,27,28)/t15?,16-,18+,23?/m0/s1. The normalized spacial score (nSPS) is 30.9. The number of morpholine rings is 1. The molecule has 2 aromatic rings. The summed E-state index contributed by atoms with van der Waals surface area (Å²) in [6, 6.07) is 6.10. The fourth-order valence-corrected chi connectivity index (χ4v) is 5.56. The molecular weight excluding hydrogens is 408 g/mol. The molecule has 0 radical (unpaired) electrons. The molecule has 4 aliphatic carbocycles. The van der Waals surface area contributed by atoms with Gasteiger partial charge in [0.1, 0.15) is 11.9 Å². The lowest BCUT2D eigenvalue weighted by Crippen LogP contribution is -2.68. The molecule has 1 amide bonds. The largest absolute Gasteiger partial charge is 0.446 e. The van der Waals surface area contributed by atoms with Gasteiger partial charge in [0, 0.05) is 36.3 Å². The van der Waals surface area contributed by atoms with E-state index in [1.807, 2.05) is 24.4 Å². The molecule has 1 aliphatic heterocycles. The van der Waals surface area contributed by atoms with Crippen molar-refractivity contribution >= 4 is 23.4 Å². The van der Waals surface area contributed by atoms with Crippen molar-refractivity contribution in [2.24, 2.45) is 5.92 Å². The third-order valence-corrected chi connectivity index (χ3v) is 7.46. The quantitative estimate of drug-likeness (QED) is 0.636. The van der Waals surface area contributed by atoms with Gasteiger partial charge in [-0.1, -0.05) is 0 Å². The second-order valence-corrected chi connectivity index (χ2v) is 9.76. The Morgan fingerprint density at radius 1 is 1.22 bits per heavy atom. The van der Waals surface area contributed by atoms with Crippen molar-refractivity contribution in [2.75, 3.05) is 36.5 Å². The van der Waals surface area contributed by atoms with Crippen molar-refractivity contribution in [3.05, 3.63) is 30.1 Å². The van der Waals surface area contributed by atoms with E-state index >= 15 is 0 Å². The van der Waals surface area contributed by atoms with Crippen LogP contribution < -0.4 is 15.5 Å². The molecule has 3 N–H and O–H groups in total. The van der Waals surface area contributed by atoms with Gasteiger partial charge in [-0.2, -0.15) is 5.10 Å². The Morgan fingerprint density at radius 3 is 2.78 bits per heavy atom. The number of aromatic nitrogens is 3. The smallest absolute Gasteiger partial charge is 0.407 e. The number of nitrogens with zero attached hydrogens (tertiary/aromatic N) is 3. The van der Waals surface area contributed by atoms with Crippen LogP contribution in [-0.2, 0) is 9.47 Å². The first-order valence-corrected chi connectivity index (χ1v) is 11.7. The summed E-state index contributed by atoms with van der Waals surface area (Å²) in [6.07, 6.45) is 7.67. The van der Waals surface area contributed by atoms with Crippen molar-refractivity contribution in [1.82, 2.24) is 20.5 Å². The minimum atomic E-state index is -0.242. The topological polar surface area (TPSA) is 104 Å². The van der Waals surface area contributed by atoms with E-state index in [9.17, 15) is 4.79 Å². The average molecular weight is 439 g/mol. The molecule has 5 fully saturated rings. The number of anilines is 3. The van der Waals surface area contributed by atoms with Crippen LogP contribution in [0.3, 0.4) is 0 Å². The Bertz CT molecular complexity index is 953. The Morgan fingerprint density at radius 2 is 2.06 bits per heavy atom. The summed E-state index contributed by atoms with van der Waals surface area (Å²) < 4.78 is 11.1. The molecule has 1 saturated heterocycles. The van der Waals surface area contributed by atoms with Crippen LogP contribution in [0.25, 0.3) is 0 Å². The van der Waals surface area contributed by atoms with E-state index in [-0.39, 0.29) is 17.7 Å². The van der Waals surface area contributed by atoms with Crippen LogP contribution in [0.15, 0.2) is 24.4 Å². The second-order valence-electron chi connectivity index (χ2n) is 9.76. The van der Waals surface area contributed by atoms with E-state index in [0.29, 0.717) is 5.92 Å². The van der Waals surface area contributed by atoms with E-state index < -0.39 is 0 Å². The Balaban J connectivity index is 1.00. The summed E-state index contributed by atoms with van der Waals surface area (Å²) in [5.41, 5.74) is 2.05. The lowest BCUT2D eigenvalue weighted by molar-refractivity contribution is -0.0506. The first-order valence-electron chi connectivity index (χ1n) is 11.7. The van der Waals surface area contributed by atoms with E-state index in [2.05, 4.69) is 30.7 Å². The maximum atomic E-state index is 12.2. The van der Waals surface area contributed by atoms with Crippen LogP contribution in [0, 0.1) is 5.92 Å². The molecule has 3 heterocycles. The van der Waals surface area contributed by atoms with E-state index in [0.717, 1.165) is 93.8 Å². The fraction of sp³-hybridized carbons (Fsp3) is 0.609. The molecule has 170 valence electrons. The van der Waals surface area contributed by atoms with Gasteiger partial charge in [0.25, 0.3) is 0 Å². The number of pyridine rings is 1. The summed E-state index contributed by atoms with van der Waals surface area (Å²) in [6.45, 7) is 3.24. The number of ether oxygens (including phenoxy) is 2. The van der Waals surface area contributed by atoms with E-state index in [4.69, 9.17) is 9.47 Å². The van der Waals surface area contributed by atoms with Gasteiger partial charge in [-0.15, -0.1) is 0 Å². The highest BCUT2D eigenvalue weighted by Crippen LogP contribution is 2.57. The van der Waals surface area contributed by atoms with Crippen molar-refractivity contribution in [3.8, 4) is 0 Å². The van der Waals surface area contributed by atoms with Gasteiger partial charge >= 0.3 is 6.09 Å². The highest BCUT2D eigenvalue weighted by Gasteiger charge is 2.57. The Labute approximate surface area is 187 Å². The van der Waals surface area contributed by atoms with Crippen LogP contribution in [0.5, 0.6) is 0 Å². The molecule has 2 aromatic heterocycles. The molecule has 2 atom stereocenters. The number of rotatable bonds is 6.